The van der Waals surface area contributed by atoms with Crippen LogP contribution in [0.5, 0.6) is 17.2 Å². The van der Waals surface area contributed by atoms with Crippen molar-refractivity contribution in [1.29, 1.82) is 0 Å². The van der Waals surface area contributed by atoms with E-state index in [0.29, 0.717) is 11.3 Å². The molecule has 2 aromatic carbocycles. The summed E-state index contributed by atoms with van der Waals surface area (Å²) in [6.07, 6.45) is 5.13. The number of ether oxygens (including phenoxy) is 2. The van der Waals surface area contributed by atoms with Crippen molar-refractivity contribution in [3.05, 3.63) is 59.2 Å². The van der Waals surface area contributed by atoms with Gasteiger partial charge in [-0.2, -0.15) is 0 Å². The van der Waals surface area contributed by atoms with E-state index in [4.69, 9.17) is 9.47 Å². The molecule has 0 amide bonds. The Bertz CT molecular complexity index is 730. The summed E-state index contributed by atoms with van der Waals surface area (Å²) >= 11 is 0. The van der Waals surface area contributed by atoms with Crippen molar-refractivity contribution in [2.45, 2.75) is 19.8 Å². The Balaban J connectivity index is 2.35. The summed E-state index contributed by atoms with van der Waals surface area (Å²) in [5.74, 6) is 1.45. The highest BCUT2D eigenvalue weighted by molar-refractivity contribution is 6.07. The van der Waals surface area contributed by atoms with Crippen molar-refractivity contribution in [2.24, 2.45) is 0 Å². The van der Waals surface area contributed by atoms with E-state index in [-0.39, 0.29) is 11.5 Å². The molecule has 0 aliphatic heterocycles. The van der Waals surface area contributed by atoms with Crippen LogP contribution in [0.25, 0.3) is 6.08 Å². The third kappa shape index (κ3) is 4.16. The quantitative estimate of drug-likeness (QED) is 0.610. The molecule has 0 radical (unpaired) electrons. The summed E-state index contributed by atoms with van der Waals surface area (Å²) in [6.45, 7) is 2.10. The molecule has 24 heavy (non-hydrogen) atoms. The highest BCUT2D eigenvalue weighted by Gasteiger charge is 2.10. The molecule has 2 rings (SSSR count). The molecule has 0 saturated heterocycles. The number of phenols is 1. The molecule has 0 heterocycles. The van der Waals surface area contributed by atoms with Crippen LogP contribution in [0, 0.1) is 0 Å². The first-order valence-corrected chi connectivity index (χ1v) is 7.85. The van der Waals surface area contributed by atoms with Crippen LogP contribution in [-0.4, -0.2) is 25.1 Å². The van der Waals surface area contributed by atoms with Gasteiger partial charge in [0.2, 0.25) is 0 Å². The lowest BCUT2D eigenvalue weighted by molar-refractivity contribution is 0.104. The van der Waals surface area contributed by atoms with Gasteiger partial charge in [0.05, 0.1) is 14.2 Å². The van der Waals surface area contributed by atoms with E-state index in [0.717, 1.165) is 29.7 Å². The van der Waals surface area contributed by atoms with Gasteiger partial charge in [0.15, 0.2) is 5.78 Å². The van der Waals surface area contributed by atoms with Crippen molar-refractivity contribution >= 4 is 11.9 Å². The summed E-state index contributed by atoms with van der Waals surface area (Å²) < 4.78 is 10.8. The molecule has 0 aliphatic carbocycles. The summed E-state index contributed by atoms with van der Waals surface area (Å²) in [5, 5.41) is 9.30. The number of phenolic OH excluding ortho intramolecular Hbond substituents is 1. The predicted molar refractivity (Wildman–Crippen MR) is 95.0 cm³/mol. The molecular weight excluding hydrogens is 304 g/mol. The average molecular weight is 326 g/mol. The monoisotopic (exact) mass is 326 g/mol. The van der Waals surface area contributed by atoms with E-state index in [2.05, 4.69) is 6.92 Å². The van der Waals surface area contributed by atoms with E-state index < -0.39 is 0 Å². The molecule has 1 N–H and O–H groups in total. The summed E-state index contributed by atoms with van der Waals surface area (Å²) in [5.41, 5.74) is 2.48. The number of allylic oxidation sites excluding steroid dienone is 1. The number of ketones is 1. The maximum Gasteiger partial charge on any atom is 0.185 e. The van der Waals surface area contributed by atoms with Crippen LogP contribution in [0.3, 0.4) is 0 Å². The fourth-order valence-corrected chi connectivity index (χ4v) is 2.49. The number of methoxy groups -OCH3 is 2. The van der Waals surface area contributed by atoms with Crippen LogP contribution in [-0.2, 0) is 6.42 Å². The van der Waals surface area contributed by atoms with Crippen LogP contribution in [0.1, 0.15) is 34.8 Å². The number of carbonyl (C=O) groups is 1. The number of rotatable bonds is 7. The van der Waals surface area contributed by atoms with Crippen LogP contribution >= 0.6 is 0 Å². The van der Waals surface area contributed by atoms with E-state index in [1.807, 2.05) is 12.1 Å². The van der Waals surface area contributed by atoms with Crippen LogP contribution in [0.2, 0.25) is 0 Å². The lowest BCUT2D eigenvalue weighted by Crippen LogP contribution is -1.98. The lowest BCUT2D eigenvalue weighted by Gasteiger charge is -2.13. The van der Waals surface area contributed by atoms with E-state index >= 15 is 0 Å². The van der Waals surface area contributed by atoms with Crippen LogP contribution < -0.4 is 9.47 Å². The highest BCUT2D eigenvalue weighted by Crippen LogP contribution is 2.31. The van der Waals surface area contributed by atoms with Gasteiger partial charge in [0.1, 0.15) is 17.2 Å². The molecule has 4 nitrogen and oxygen atoms in total. The molecular formula is C20H22O4. The lowest BCUT2D eigenvalue weighted by atomic mass is 10.00. The molecule has 0 atom stereocenters. The van der Waals surface area contributed by atoms with Gasteiger partial charge >= 0.3 is 0 Å². The normalized spacial score (nSPS) is 10.8. The Hall–Kier alpha value is -2.75. The number of hydrogen-bond donors (Lipinski definition) is 1. The molecule has 0 spiro atoms. The zero-order valence-corrected chi connectivity index (χ0v) is 14.2. The van der Waals surface area contributed by atoms with Gasteiger partial charge in [0.25, 0.3) is 0 Å². The van der Waals surface area contributed by atoms with Gasteiger partial charge in [0, 0.05) is 17.2 Å². The fraction of sp³-hybridized carbons (Fsp3) is 0.250. The maximum atomic E-state index is 12.3. The van der Waals surface area contributed by atoms with Crippen LogP contribution in [0.15, 0.2) is 42.5 Å². The Morgan fingerprint density at radius 3 is 2.42 bits per heavy atom. The zero-order valence-electron chi connectivity index (χ0n) is 14.2. The largest absolute Gasteiger partial charge is 0.508 e. The molecule has 2 aromatic rings. The third-order valence-corrected chi connectivity index (χ3v) is 3.74. The SMILES string of the molecule is CCCc1c(/C=C/C(=O)c2ccc(O)cc2)cc(OC)cc1OC. The van der Waals surface area contributed by atoms with Gasteiger partial charge in [-0.3, -0.25) is 4.79 Å². The van der Waals surface area contributed by atoms with Crippen molar-refractivity contribution in [3.63, 3.8) is 0 Å². The summed E-state index contributed by atoms with van der Waals surface area (Å²) in [4.78, 5) is 12.3. The van der Waals surface area contributed by atoms with E-state index in [9.17, 15) is 9.90 Å². The minimum absolute atomic E-state index is 0.126. The molecule has 0 aliphatic rings. The van der Waals surface area contributed by atoms with Gasteiger partial charge in [-0.05, 0) is 48.4 Å². The zero-order chi connectivity index (χ0) is 17.5. The molecule has 0 unspecified atom stereocenters. The highest BCUT2D eigenvalue weighted by atomic mass is 16.5. The smallest absolute Gasteiger partial charge is 0.185 e. The van der Waals surface area contributed by atoms with Gasteiger partial charge in [-0.15, -0.1) is 0 Å². The number of benzene rings is 2. The molecule has 0 aromatic heterocycles. The van der Waals surface area contributed by atoms with Crippen molar-refractivity contribution < 1.29 is 19.4 Å². The topological polar surface area (TPSA) is 55.8 Å². The summed E-state index contributed by atoms with van der Waals surface area (Å²) in [6, 6.07) is 9.94. The molecule has 0 bridgehead atoms. The average Bonchev–Trinajstić information content (AvgIpc) is 2.61. The Kier molecular flexibility index (Phi) is 6.01. The number of aromatic hydroxyl groups is 1. The fourth-order valence-electron chi connectivity index (χ4n) is 2.49. The Morgan fingerprint density at radius 2 is 1.83 bits per heavy atom. The first-order chi connectivity index (χ1) is 11.6. The first-order valence-electron chi connectivity index (χ1n) is 7.85. The van der Waals surface area contributed by atoms with Crippen LogP contribution in [0.4, 0.5) is 0 Å². The van der Waals surface area contributed by atoms with Gasteiger partial charge in [-0.1, -0.05) is 19.4 Å². The predicted octanol–water partition coefficient (Wildman–Crippen LogP) is 4.26. The minimum atomic E-state index is -0.126. The second kappa shape index (κ2) is 8.20. The maximum absolute atomic E-state index is 12.3. The molecule has 0 fully saturated rings. The Labute approximate surface area is 142 Å². The van der Waals surface area contributed by atoms with Crippen molar-refractivity contribution in [3.8, 4) is 17.2 Å². The second-order valence-electron chi connectivity index (χ2n) is 5.39. The van der Waals surface area contributed by atoms with Gasteiger partial charge < -0.3 is 14.6 Å². The standard InChI is InChI=1S/C20H22O4/c1-4-5-18-15(12-17(23-2)13-20(18)24-3)8-11-19(22)14-6-9-16(21)10-7-14/h6-13,21H,4-5H2,1-3H3/b11-8+. The van der Waals surface area contributed by atoms with Crippen molar-refractivity contribution in [1.82, 2.24) is 0 Å². The third-order valence-electron chi connectivity index (χ3n) is 3.74. The van der Waals surface area contributed by atoms with Crippen molar-refractivity contribution in [2.75, 3.05) is 14.2 Å². The molecule has 0 saturated carbocycles. The molecule has 4 heteroatoms. The molecule has 126 valence electrons. The summed E-state index contributed by atoms with van der Waals surface area (Å²) in [7, 11) is 3.23. The Morgan fingerprint density at radius 1 is 1.12 bits per heavy atom. The first kappa shape index (κ1) is 17.6. The minimum Gasteiger partial charge on any atom is -0.508 e. The van der Waals surface area contributed by atoms with E-state index in [1.54, 1.807) is 32.4 Å². The second-order valence-corrected chi connectivity index (χ2v) is 5.39. The number of hydrogen-bond acceptors (Lipinski definition) is 4. The number of carbonyl (C=O) groups excluding carboxylic acids is 1. The van der Waals surface area contributed by atoms with Gasteiger partial charge in [-0.25, -0.2) is 0 Å². The van der Waals surface area contributed by atoms with E-state index in [1.165, 1.54) is 18.2 Å².